The van der Waals surface area contributed by atoms with Crippen LogP contribution in [0.2, 0.25) is 0 Å². The van der Waals surface area contributed by atoms with Gasteiger partial charge in [-0.05, 0) is 43.7 Å². The third kappa shape index (κ3) is 2.40. The molecule has 19 heavy (non-hydrogen) atoms. The number of aromatic nitrogens is 2. The number of para-hydroxylation sites is 2. The SMILES string of the molecule is Cc1cccc(Nc2nc3ccccc3nc2C)c1. The number of rotatable bonds is 2. The number of nitrogens with one attached hydrogen (secondary N) is 1. The van der Waals surface area contributed by atoms with Crippen LogP contribution < -0.4 is 5.32 Å². The van der Waals surface area contributed by atoms with E-state index in [2.05, 4.69) is 34.3 Å². The Kier molecular flexibility index (Phi) is 2.88. The summed E-state index contributed by atoms with van der Waals surface area (Å²) < 4.78 is 0. The first kappa shape index (κ1) is 11.7. The number of hydrogen-bond donors (Lipinski definition) is 1. The molecule has 0 fully saturated rings. The van der Waals surface area contributed by atoms with Crippen LogP contribution in [0.3, 0.4) is 0 Å². The molecule has 3 nitrogen and oxygen atoms in total. The fraction of sp³-hybridized carbons (Fsp3) is 0.125. The highest BCUT2D eigenvalue weighted by Gasteiger charge is 2.05. The van der Waals surface area contributed by atoms with Crippen molar-refractivity contribution < 1.29 is 0 Å². The van der Waals surface area contributed by atoms with Gasteiger partial charge in [0.05, 0.1) is 16.7 Å². The van der Waals surface area contributed by atoms with Gasteiger partial charge in [-0.15, -0.1) is 0 Å². The molecule has 0 saturated carbocycles. The number of benzene rings is 2. The molecule has 0 saturated heterocycles. The minimum atomic E-state index is 0.810. The standard InChI is InChI=1S/C16H15N3/c1-11-6-5-7-13(10-11)18-16-12(2)17-14-8-3-4-9-15(14)19-16/h3-10H,1-2H3,(H,18,19). The Balaban J connectivity index is 2.03. The van der Waals surface area contributed by atoms with Gasteiger partial charge in [-0.2, -0.15) is 0 Å². The van der Waals surface area contributed by atoms with Crippen LogP contribution in [0.25, 0.3) is 11.0 Å². The molecule has 0 bridgehead atoms. The first-order valence-corrected chi connectivity index (χ1v) is 6.29. The van der Waals surface area contributed by atoms with E-state index in [0.717, 1.165) is 28.2 Å². The second-order valence-electron chi connectivity index (χ2n) is 4.64. The molecule has 3 heteroatoms. The van der Waals surface area contributed by atoms with E-state index in [4.69, 9.17) is 0 Å². The van der Waals surface area contributed by atoms with Gasteiger partial charge in [-0.3, -0.25) is 0 Å². The number of nitrogens with zero attached hydrogens (tertiary/aromatic N) is 2. The van der Waals surface area contributed by atoms with E-state index >= 15 is 0 Å². The lowest BCUT2D eigenvalue weighted by atomic mass is 10.2. The third-order valence-electron chi connectivity index (χ3n) is 3.03. The Morgan fingerprint density at radius 2 is 1.58 bits per heavy atom. The summed E-state index contributed by atoms with van der Waals surface area (Å²) in [7, 11) is 0. The molecule has 0 aliphatic carbocycles. The van der Waals surface area contributed by atoms with Gasteiger partial charge in [0.25, 0.3) is 0 Å². The lowest BCUT2D eigenvalue weighted by molar-refractivity contribution is 1.18. The molecule has 0 atom stereocenters. The van der Waals surface area contributed by atoms with E-state index in [1.54, 1.807) is 0 Å². The molecule has 1 aromatic heterocycles. The van der Waals surface area contributed by atoms with E-state index in [-0.39, 0.29) is 0 Å². The van der Waals surface area contributed by atoms with Gasteiger partial charge in [0, 0.05) is 5.69 Å². The molecule has 0 spiro atoms. The average molecular weight is 249 g/mol. The van der Waals surface area contributed by atoms with Crippen LogP contribution in [-0.4, -0.2) is 9.97 Å². The molecule has 1 heterocycles. The van der Waals surface area contributed by atoms with E-state index < -0.39 is 0 Å². The summed E-state index contributed by atoms with van der Waals surface area (Å²) in [6.45, 7) is 4.04. The molecule has 0 aliphatic rings. The van der Waals surface area contributed by atoms with Crippen molar-refractivity contribution in [1.29, 1.82) is 0 Å². The Morgan fingerprint density at radius 3 is 2.32 bits per heavy atom. The Hall–Kier alpha value is -2.42. The van der Waals surface area contributed by atoms with Crippen LogP contribution in [-0.2, 0) is 0 Å². The fourth-order valence-electron chi connectivity index (χ4n) is 2.07. The molecule has 0 unspecified atom stereocenters. The molecular formula is C16H15N3. The second-order valence-corrected chi connectivity index (χ2v) is 4.64. The molecular weight excluding hydrogens is 234 g/mol. The summed E-state index contributed by atoms with van der Waals surface area (Å²) in [5.74, 6) is 0.810. The summed E-state index contributed by atoms with van der Waals surface area (Å²) >= 11 is 0. The third-order valence-corrected chi connectivity index (χ3v) is 3.03. The maximum atomic E-state index is 4.63. The number of fused-ring (bicyclic) bond motifs is 1. The van der Waals surface area contributed by atoms with Crippen molar-refractivity contribution >= 4 is 22.5 Å². The van der Waals surface area contributed by atoms with E-state index in [1.807, 2.05) is 43.3 Å². The fourth-order valence-corrected chi connectivity index (χ4v) is 2.07. The van der Waals surface area contributed by atoms with Crippen molar-refractivity contribution in [2.24, 2.45) is 0 Å². The number of aryl methyl sites for hydroxylation is 2. The van der Waals surface area contributed by atoms with Gasteiger partial charge in [-0.25, -0.2) is 9.97 Å². The van der Waals surface area contributed by atoms with Crippen molar-refractivity contribution in [2.75, 3.05) is 5.32 Å². The average Bonchev–Trinajstić information content (AvgIpc) is 2.40. The zero-order valence-electron chi connectivity index (χ0n) is 11.0. The van der Waals surface area contributed by atoms with Crippen molar-refractivity contribution in [3.8, 4) is 0 Å². The van der Waals surface area contributed by atoms with E-state index in [1.165, 1.54) is 5.56 Å². The number of hydrogen-bond acceptors (Lipinski definition) is 3. The number of anilines is 2. The van der Waals surface area contributed by atoms with E-state index in [9.17, 15) is 0 Å². The highest BCUT2D eigenvalue weighted by atomic mass is 15.0. The van der Waals surface area contributed by atoms with Gasteiger partial charge in [0.1, 0.15) is 0 Å². The van der Waals surface area contributed by atoms with Crippen LogP contribution in [0, 0.1) is 13.8 Å². The summed E-state index contributed by atoms with van der Waals surface area (Å²) in [4.78, 5) is 9.20. The predicted octanol–water partition coefficient (Wildman–Crippen LogP) is 3.99. The largest absolute Gasteiger partial charge is 0.339 e. The summed E-state index contributed by atoms with van der Waals surface area (Å²) in [5, 5.41) is 3.33. The lowest BCUT2D eigenvalue weighted by Gasteiger charge is -2.09. The summed E-state index contributed by atoms with van der Waals surface area (Å²) in [6.07, 6.45) is 0. The molecule has 0 radical (unpaired) electrons. The normalized spacial score (nSPS) is 10.6. The van der Waals surface area contributed by atoms with Gasteiger partial charge in [0.2, 0.25) is 0 Å². The molecule has 3 aromatic rings. The van der Waals surface area contributed by atoms with Crippen molar-refractivity contribution in [1.82, 2.24) is 9.97 Å². The smallest absolute Gasteiger partial charge is 0.152 e. The van der Waals surface area contributed by atoms with Crippen molar-refractivity contribution in [3.05, 3.63) is 59.8 Å². The molecule has 1 N–H and O–H groups in total. The lowest BCUT2D eigenvalue weighted by Crippen LogP contribution is -1.99. The molecule has 0 aliphatic heterocycles. The van der Waals surface area contributed by atoms with Gasteiger partial charge in [-0.1, -0.05) is 24.3 Å². The van der Waals surface area contributed by atoms with Crippen LogP contribution in [0.1, 0.15) is 11.3 Å². The first-order chi connectivity index (χ1) is 9.22. The molecule has 94 valence electrons. The Morgan fingerprint density at radius 1 is 0.842 bits per heavy atom. The maximum absolute atomic E-state index is 4.63. The van der Waals surface area contributed by atoms with Crippen molar-refractivity contribution in [2.45, 2.75) is 13.8 Å². The minimum Gasteiger partial charge on any atom is -0.339 e. The highest BCUT2D eigenvalue weighted by Crippen LogP contribution is 2.20. The zero-order valence-corrected chi connectivity index (χ0v) is 11.0. The second kappa shape index (κ2) is 4.69. The first-order valence-electron chi connectivity index (χ1n) is 6.29. The molecule has 2 aromatic carbocycles. The van der Waals surface area contributed by atoms with E-state index in [0.29, 0.717) is 0 Å². The molecule has 3 rings (SSSR count). The quantitative estimate of drug-likeness (QED) is 0.746. The Labute approximate surface area is 112 Å². The molecule has 0 amide bonds. The van der Waals surface area contributed by atoms with Crippen LogP contribution >= 0.6 is 0 Å². The predicted molar refractivity (Wildman–Crippen MR) is 78.7 cm³/mol. The summed E-state index contributed by atoms with van der Waals surface area (Å²) in [5.41, 5.74) is 4.99. The van der Waals surface area contributed by atoms with Crippen molar-refractivity contribution in [3.63, 3.8) is 0 Å². The van der Waals surface area contributed by atoms with Gasteiger partial charge >= 0.3 is 0 Å². The van der Waals surface area contributed by atoms with Crippen LogP contribution in [0.4, 0.5) is 11.5 Å². The van der Waals surface area contributed by atoms with Gasteiger partial charge < -0.3 is 5.32 Å². The van der Waals surface area contributed by atoms with Crippen LogP contribution in [0.5, 0.6) is 0 Å². The zero-order chi connectivity index (χ0) is 13.2. The topological polar surface area (TPSA) is 37.8 Å². The summed E-state index contributed by atoms with van der Waals surface area (Å²) in [6, 6.07) is 16.1. The highest BCUT2D eigenvalue weighted by molar-refractivity contribution is 5.77. The minimum absolute atomic E-state index is 0.810. The van der Waals surface area contributed by atoms with Gasteiger partial charge in [0.15, 0.2) is 5.82 Å². The maximum Gasteiger partial charge on any atom is 0.152 e. The van der Waals surface area contributed by atoms with Crippen LogP contribution in [0.15, 0.2) is 48.5 Å². The Bertz CT molecular complexity index is 735. The monoisotopic (exact) mass is 249 g/mol.